The Morgan fingerprint density at radius 2 is 2.00 bits per heavy atom. The Labute approximate surface area is 145 Å². The van der Waals surface area contributed by atoms with Gasteiger partial charge in [-0.2, -0.15) is 0 Å². The predicted octanol–water partition coefficient (Wildman–Crippen LogP) is 2.68. The van der Waals surface area contributed by atoms with Gasteiger partial charge in [-0.25, -0.2) is 0 Å². The van der Waals surface area contributed by atoms with Gasteiger partial charge in [-0.3, -0.25) is 19.8 Å². The van der Waals surface area contributed by atoms with Crippen LogP contribution in [0.1, 0.15) is 30.2 Å². The van der Waals surface area contributed by atoms with Crippen molar-refractivity contribution >= 4 is 11.6 Å². The van der Waals surface area contributed by atoms with Crippen LogP contribution in [0.5, 0.6) is 0 Å². The summed E-state index contributed by atoms with van der Waals surface area (Å²) in [7, 11) is 0. The molecule has 2 aromatic rings. The first-order chi connectivity index (χ1) is 12.1. The molecule has 0 aliphatic carbocycles. The molecule has 132 valence electrons. The van der Waals surface area contributed by atoms with Gasteiger partial charge >= 0.3 is 0 Å². The van der Waals surface area contributed by atoms with Crippen LogP contribution in [0.4, 0.5) is 5.69 Å². The maximum absolute atomic E-state index is 12.3. The van der Waals surface area contributed by atoms with E-state index in [-0.39, 0.29) is 24.1 Å². The zero-order chi connectivity index (χ0) is 17.6. The molecule has 1 unspecified atom stereocenters. The second kappa shape index (κ2) is 7.94. The highest BCUT2D eigenvalue weighted by Crippen LogP contribution is 2.25. The van der Waals surface area contributed by atoms with Gasteiger partial charge in [0.1, 0.15) is 5.76 Å². The van der Waals surface area contributed by atoms with Crippen molar-refractivity contribution in [1.82, 2.24) is 10.2 Å². The van der Waals surface area contributed by atoms with Crippen LogP contribution in [0.15, 0.2) is 47.1 Å². The number of amides is 1. The van der Waals surface area contributed by atoms with Gasteiger partial charge in [-0.05, 0) is 38.1 Å². The van der Waals surface area contributed by atoms with E-state index in [2.05, 4.69) is 10.2 Å². The third-order valence-corrected chi connectivity index (χ3v) is 4.48. The molecule has 0 saturated carbocycles. The number of nitro groups is 1. The fraction of sp³-hybridized carbons (Fsp3) is 0.389. The SMILES string of the molecule is O=C(Cc1ccccc1[N+](=O)[O-])NCC(c1ccco1)N1CCCC1. The van der Waals surface area contributed by atoms with Crippen molar-refractivity contribution in [3.8, 4) is 0 Å². The van der Waals surface area contributed by atoms with E-state index >= 15 is 0 Å². The van der Waals surface area contributed by atoms with Crippen LogP contribution in [0.25, 0.3) is 0 Å². The Balaban J connectivity index is 1.63. The molecule has 1 N–H and O–H groups in total. The minimum absolute atomic E-state index is 0.00721. The molecule has 25 heavy (non-hydrogen) atoms. The molecule has 2 heterocycles. The number of rotatable bonds is 7. The number of hydrogen-bond donors (Lipinski definition) is 1. The predicted molar refractivity (Wildman–Crippen MR) is 92.1 cm³/mol. The van der Waals surface area contributed by atoms with Gasteiger partial charge in [0.25, 0.3) is 5.69 Å². The normalized spacial score (nSPS) is 15.8. The second-order valence-corrected chi connectivity index (χ2v) is 6.14. The van der Waals surface area contributed by atoms with E-state index in [1.54, 1.807) is 24.5 Å². The molecule has 3 rings (SSSR count). The molecular formula is C18H21N3O4. The fourth-order valence-electron chi connectivity index (χ4n) is 3.23. The Hall–Kier alpha value is -2.67. The molecule has 7 heteroatoms. The van der Waals surface area contributed by atoms with Crippen molar-refractivity contribution in [2.45, 2.75) is 25.3 Å². The van der Waals surface area contributed by atoms with Crippen molar-refractivity contribution < 1.29 is 14.1 Å². The quantitative estimate of drug-likeness (QED) is 0.617. The van der Waals surface area contributed by atoms with Crippen molar-refractivity contribution in [2.75, 3.05) is 19.6 Å². The van der Waals surface area contributed by atoms with Gasteiger partial charge in [0.05, 0.1) is 23.6 Å². The third-order valence-electron chi connectivity index (χ3n) is 4.48. The monoisotopic (exact) mass is 343 g/mol. The van der Waals surface area contributed by atoms with Crippen molar-refractivity contribution in [1.29, 1.82) is 0 Å². The average molecular weight is 343 g/mol. The van der Waals surface area contributed by atoms with Gasteiger partial charge in [0, 0.05) is 18.2 Å². The van der Waals surface area contributed by atoms with Gasteiger partial charge < -0.3 is 9.73 Å². The highest BCUT2D eigenvalue weighted by atomic mass is 16.6. The molecule has 1 aliphatic rings. The van der Waals surface area contributed by atoms with E-state index in [1.165, 1.54) is 6.07 Å². The molecule has 0 spiro atoms. The highest BCUT2D eigenvalue weighted by molar-refractivity contribution is 5.79. The lowest BCUT2D eigenvalue weighted by Gasteiger charge is -2.26. The first-order valence-corrected chi connectivity index (χ1v) is 8.41. The van der Waals surface area contributed by atoms with Crippen LogP contribution in [0.2, 0.25) is 0 Å². The Bertz CT molecular complexity index is 724. The lowest BCUT2D eigenvalue weighted by atomic mass is 10.1. The van der Waals surface area contributed by atoms with Gasteiger partial charge in [0.2, 0.25) is 5.91 Å². The Morgan fingerprint density at radius 3 is 2.68 bits per heavy atom. The van der Waals surface area contributed by atoms with Gasteiger partial charge in [-0.1, -0.05) is 18.2 Å². The molecule has 1 aromatic heterocycles. The standard InChI is InChI=1S/C18H21N3O4/c22-18(12-14-6-1-2-7-15(14)21(23)24)19-13-16(17-8-5-11-25-17)20-9-3-4-10-20/h1-2,5-8,11,16H,3-4,9-10,12-13H2,(H,19,22). The summed E-state index contributed by atoms with van der Waals surface area (Å²) < 4.78 is 5.53. The molecule has 1 fully saturated rings. The smallest absolute Gasteiger partial charge is 0.273 e. The van der Waals surface area contributed by atoms with Crippen LogP contribution in [-0.4, -0.2) is 35.4 Å². The second-order valence-electron chi connectivity index (χ2n) is 6.14. The minimum Gasteiger partial charge on any atom is -0.468 e. The zero-order valence-corrected chi connectivity index (χ0v) is 13.9. The first kappa shape index (κ1) is 17.2. The summed E-state index contributed by atoms with van der Waals surface area (Å²) in [5, 5.41) is 14.0. The number of carbonyl (C=O) groups excluding carboxylic acids is 1. The third kappa shape index (κ3) is 4.24. The summed E-state index contributed by atoms with van der Waals surface area (Å²) in [5.41, 5.74) is 0.389. The largest absolute Gasteiger partial charge is 0.468 e. The van der Waals surface area contributed by atoms with E-state index in [0.29, 0.717) is 12.1 Å². The van der Waals surface area contributed by atoms with Crippen LogP contribution in [0.3, 0.4) is 0 Å². The van der Waals surface area contributed by atoms with Gasteiger partial charge in [-0.15, -0.1) is 0 Å². The van der Waals surface area contributed by atoms with Gasteiger partial charge in [0.15, 0.2) is 0 Å². The number of nitrogens with zero attached hydrogens (tertiary/aromatic N) is 2. The number of para-hydroxylation sites is 1. The molecule has 1 atom stereocenters. The molecule has 0 bridgehead atoms. The lowest BCUT2D eigenvalue weighted by Crippen LogP contribution is -2.37. The van der Waals surface area contributed by atoms with Crippen molar-refractivity contribution in [3.63, 3.8) is 0 Å². The summed E-state index contributed by atoms with van der Waals surface area (Å²) in [4.78, 5) is 25.2. The summed E-state index contributed by atoms with van der Waals surface area (Å²) in [6.45, 7) is 2.38. The molecule has 1 saturated heterocycles. The van der Waals surface area contributed by atoms with Crippen molar-refractivity contribution in [3.05, 3.63) is 64.1 Å². The molecule has 0 radical (unpaired) electrons. The van der Waals surface area contributed by atoms with E-state index in [9.17, 15) is 14.9 Å². The minimum atomic E-state index is -0.460. The molecule has 1 aliphatic heterocycles. The number of hydrogen-bond acceptors (Lipinski definition) is 5. The molecule has 7 nitrogen and oxygen atoms in total. The maximum atomic E-state index is 12.3. The lowest BCUT2D eigenvalue weighted by molar-refractivity contribution is -0.385. The van der Waals surface area contributed by atoms with Crippen molar-refractivity contribution in [2.24, 2.45) is 0 Å². The number of carbonyl (C=O) groups is 1. The first-order valence-electron chi connectivity index (χ1n) is 8.41. The number of furan rings is 1. The highest BCUT2D eigenvalue weighted by Gasteiger charge is 2.26. The van der Waals surface area contributed by atoms with E-state index in [0.717, 1.165) is 31.7 Å². The van der Waals surface area contributed by atoms with Crippen LogP contribution < -0.4 is 5.32 Å². The molecule has 1 amide bonds. The zero-order valence-electron chi connectivity index (χ0n) is 13.9. The van der Waals surface area contributed by atoms with E-state index < -0.39 is 4.92 Å². The number of likely N-dealkylation sites (tertiary alicyclic amines) is 1. The van der Waals surface area contributed by atoms with E-state index in [1.807, 2.05) is 12.1 Å². The topological polar surface area (TPSA) is 88.6 Å². The number of benzene rings is 1. The van der Waals surface area contributed by atoms with Crippen LogP contribution in [-0.2, 0) is 11.2 Å². The number of nitro benzene ring substituents is 1. The summed E-state index contributed by atoms with van der Waals surface area (Å²) in [5.74, 6) is 0.595. The maximum Gasteiger partial charge on any atom is 0.273 e. The van der Waals surface area contributed by atoms with E-state index in [4.69, 9.17) is 4.42 Å². The molecule has 1 aromatic carbocycles. The van der Waals surface area contributed by atoms with Crippen LogP contribution in [0, 0.1) is 10.1 Å². The fourth-order valence-corrected chi connectivity index (χ4v) is 3.23. The summed E-state index contributed by atoms with van der Waals surface area (Å²) >= 11 is 0. The Kier molecular flexibility index (Phi) is 5.45. The Morgan fingerprint density at radius 1 is 1.24 bits per heavy atom. The number of nitrogens with one attached hydrogen (secondary N) is 1. The average Bonchev–Trinajstić information content (AvgIpc) is 3.29. The van der Waals surface area contributed by atoms with Crippen LogP contribution >= 0.6 is 0 Å². The summed E-state index contributed by atoms with van der Waals surface area (Å²) in [6.07, 6.45) is 3.90. The summed E-state index contributed by atoms with van der Waals surface area (Å²) in [6, 6.07) is 10.1. The molecular weight excluding hydrogens is 322 g/mol.